The van der Waals surface area contributed by atoms with Crippen LogP contribution in [0.4, 0.5) is 0 Å². The maximum absolute atomic E-state index is 4.47. The smallest absolute Gasteiger partial charge is 0.125 e. The summed E-state index contributed by atoms with van der Waals surface area (Å²) in [6.45, 7) is 6.17. The van der Waals surface area contributed by atoms with Gasteiger partial charge in [-0.1, -0.05) is 12.1 Å². The van der Waals surface area contributed by atoms with E-state index in [1.54, 1.807) is 6.20 Å². The van der Waals surface area contributed by atoms with E-state index in [0.29, 0.717) is 6.04 Å². The van der Waals surface area contributed by atoms with Crippen molar-refractivity contribution in [1.82, 2.24) is 19.7 Å². The van der Waals surface area contributed by atoms with Gasteiger partial charge in [0.2, 0.25) is 0 Å². The van der Waals surface area contributed by atoms with Crippen LogP contribution in [0.1, 0.15) is 25.7 Å². The first-order valence-corrected chi connectivity index (χ1v) is 6.42. The van der Waals surface area contributed by atoms with Crippen LogP contribution in [0.2, 0.25) is 0 Å². The van der Waals surface area contributed by atoms with Crippen molar-refractivity contribution in [1.29, 1.82) is 0 Å². The molecule has 3 rings (SSSR count). The lowest BCUT2D eigenvalue weighted by molar-refractivity contribution is 0.551. The first kappa shape index (κ1) is 11.8. The third-order valence-corrected chi connectivity index (χ3v) is 3.16. The largest absolute Gasteiger partial charge is 0.262 e. The number of rotatable bonds is 2. The van der Waals surface area contributed by atoms with Gasteiger partial charge in [-0.3, -0.25) is 4.68 Å². The molecule has 4 nitrogen and oxygen atoms in total. The van der Waals surface area contributed by atoms with Crippen molar-refractivity contribution in [3.63, 3.8) is 0 Å². The summed E-state index contributed by atoms with van der Waals surface area (Å²) in [5.41, 5.74) is 3.19. The molecule has 0 saturated heterocycles. The summed E-state index contributed by atoms with van der Waals surface area (Å²) < 4.78 is 2.03. The van der Waals surface area contributed by atoms with Crippen LogP contribution in [0, 0.1) is 6.92 Å². The number of aromatic nitrogens is 4. The summed E-state index contributed by atoms with van der Waals surface area (Å²) >= 11 is 0. The third kappa shape index (κ3) is 2.10. The van der Waals surface area contributed by atoms with E-state index >= 15 is 0 Å². The minimum Gasteiger partial charge on any atom is -0.262 e. The molecule has 0 fully saturated rings. The zero-order chi connectivity index (χ0) is 13.4. The van der Waals surface area contributed by atoms with Crippen LogP contribution in [-0.2, 0) is 0 Å². The highest BCUT2D eigenvalue weighted by molar-refractivity contribution is 5.83. The third-order valence-electron chi connectivity index (χ3n) is 3.16. The van der Waals surface area contributed by atoms with Gasteiger partial charge in [0.05, 0.1) is 17.4 Å². The highest BCUT2D eigenvalue weighted by atomic mass is 15.3. The molecule has 0 bridgehead atoms. The van der Waals surface area contributed by atoms with Gasteiger partial charge in [-0.25, -0.2) is 9.97 Å². The molecule has 0 atom stereocenters. The predicted octanol–water partition coefficient (Wildman–Crippen LogP) is 3.38. The summed E-state index contributed by atoms with van der Waals surface area (Å²) in [5.74, 6) is 0.787. The standard InChI is InChI=1S/C15H16N4/c1-10(2)19-15-8-12(4-5-13(15)9-17-19)14-6-7-16-11(3)18-14/h4-10H,1-3H3. The summed E-state index contributed by atoms with van der Waals surface area (Å²) in [6, 6.07) is 8.60. The SMILES string of the molecule is Cc1nccc(-c2ccc3cnn(C(C)C)c3c2)n1. The first-order valence-electron chi connectivity index (χ1n) is 6.42. The van der Waals surface area contributed by atoms with E-state index in [9.17, 15) is 0 Å². The molecule has 96 valence electrons. The van der Waals surface area contributed by atoms with Gasteiger partial charge in [0.15, 0.2) is 0 Å². The average Bonchev–Trinajstić information content (AvgIpc) is 2.81. The Morgan fingerprint density at radius 3 is 2.74 bits per heavy atom. The van der Waals surface area contributed by atoms with Crippen molar-refractivity contribution < 1.29 is 0 Å². The number of hydrogen-bond donors (Lipinski definition) is 0. The minimum absolute atomic E-state index is 0.347. The second-order valence-electron chi connectivity index (χ2n) is 4.95. The summed E-state index contributed by atoms with van der Waals surface area (Å²) in [4.78, 5) is 8.60. The number of hydrogen-bond acceptors (Lipinski definition) is 3. The van der Waals surface area contributed by atoms with Crippen LogP contribution >= 0.6 is 0 Å². The van der Waals surface area contributed by atoms with E-state index in [1.165, 1.54) is 0 Å². The molecule has 0 saturated carbocycles. The fourth-order valence-electron chi connectivity index (χ4n) is 2.23. The summed E-state index contributed by atoms with van der Waals surface area (Å²) in [5, 5.41) is 5.59. The molecule has 4 heteroatoms. The van der Waals surface area contributed by atoms with Gasteiger partial charge >= 0.3 is 0 Å². The quantitative estimate of drug-likeness (QED) is 0.702. The monoisotopic (exact) mass is 252 g/mol. The van der Waals surface area contributed by atoms with Crippen LogP contribution < -0.4 is 0 Å². The second-order valence-corrected chi connectivity index (χ2v) is 4.95. The van der Waals surface area contributed by atoms with E-state index in [-0.39, 0.29) is 0 Å². The Balaban J connectivity index is 2.18. The molecule has 0 aliphatic heterocycles. The van der Waals surface area contributed by atoms with E-state index < -0.39 is 0 Å². The molecule has 0 spiro atoms. The zero-order valence-corrected chi connectivity index (χ0v) is 11.3. The second kappa shape index (κ2) is 4.46. The summed E-state index contributed by atoms with van der Waals surface area (Å²) in [6.07, 6.45) is 3.70. The highest BCUT2D eigenvalue weighted by Gasteiger charge is 2.08. The van der Waals surface area contributed by atoms with Gasteiger partial charge in [0, 0.05) is 23.2 Å². The Bertz CT molecular complexity index is 728. The lowest BCUT2D eigenvalue weighted by Crippen LogP contribution is -2.02. The summed E-state index contributed by atoms with van der Waals surface area (Å²) in [7, 11) is 0. The molecule has 19 heavy (non-hydrogen) atoms. The van der Waals surface area contributed by atoms with Gasteiger partial charge in [-0.05, 0) is 32.9 Å². The van der Waals surface area contributed by atoms with Gasteiger partial charge in [0.1, 0.15) is 5.82 Å². The molecule has 0 N–H and O–H groups in total. The fourth-order valence-corrected chi connectivity index (χ4v) is 2.23. The normalized spacial score (nSPS) is 11.4. The Hall–Kier alpha value is -2.23. The van der Waals surface area contributed by atoms with Crippen molar-refractivity contribution >= 4 is 10.9 Å². The Labute approximate surface area is 112 Å². The van der Waals surface area contributed by atoms with Crippen LogP contribution in [-0.4, -0.2) is 19.7 Å². The molecule has 2 heterocycles. The number of aryl methyl sites for hydroxylation is 1. The molecule has 0 amide bonds. The van der Waals surface area contributed by atoms with Crippen molar-refractivity contribution in [3.05, 3.63) is 42.5 Å². The Morgan fingerprint density at radius 1 is 1.16 bits per heavy atom. The predicted molar refractivity (Wildman–Crippen MR) is 75.9 cm³/mol. The molecule has 0 unspecified atom stereocenters. The molecular weight excluding hydrogens is 236 g/mol. The number of benzene rings is 1. The molecule has 3 aromatic rings. The maximum atomic E-state index is 4.47. The molecular formula is C15H16N4. The topological polar surface area (TPSA) is 43.6 Å². The molecule has 0 aliphatic rings. The maximum Gasteiger partial charge on any atom is 0.125 e. The van der Waals surface area contributed by atoms with Gasteiger partial charge in [-0.15, -0.1) is 0 Å². The van der Waals surface area contributed by atoms with Crippen LogP contribution in [0.3, 0.4) is 0 Å². The van der Waals surface area contributed by atoms with Crippen LogP contribution in [0.15, 0.2) is 36.7 Å². The lowest BCUT2D eigenvalue weighted by atomic mass is 10.1. The fraction of sp³-hybridized carbons (Fsp3) is 0.267. The molecule has 0 aliphatic carbocycles. The molecule has 1 aromatic carbocycles. The first-order chi connectivity index (χ1) is 9.15. The zero-order valence-electron chi connectivity index (χ0n) is 11.3. The average molecular weight is 252 g/mol. The van der Waals surface area contributed by atoms with Crippen molar-refractivity contribution in [2.45, 2.75) is 26.8 Å². The van der Waals surface area contributed by atoms with Crippen molar-refractivity contribution in [2.24, 2.45) is 0 Å². The van der Waals surface area contributed by atoms with E-state index in [2.05, 4.69) is 47.1 Å². The number of fused-ring (bicyclic) bond motifs is 1. The van der Waals surface area contributed by atoms with Gasteiger partial charge in [0.25, 0.3) is 0 Å². The molecule has 2 aromatic heterocycles. The Morgan fingerprint density at radius 2 is 2.00 bits per heavy atom. The van der Waals surface area contributed by atoms with Crippen LogP contribution in [0.25, 0.3) is 22.2 Å². The van der Waals surface area contributed by atoms with E-state index in [0.717, 1.165) is 28.0 Å². The van der Waals surface area contributed by atoms with Crippen molar-refractivity contribution in [2.75, 3.05) is 0 Å². The lowest BCUT2D eigenvalue weighted by Gasteiger charge is -2.08. The van der Waals surface area contributed by atoms with Gasteiger partial charge in [-0.2, -0.15) is 5.10 Å². The van der Waals surface area contributed by atoms with Gasteiger partial charge < -0.3 is 0 Å². The minimum atomic E-state index is 0.347. The number of nitrogens with zero attached hydrogens (tertiary/aromatic N) is 4. The van der Waals surface area contributed by atoms with E-state index in [1.807, 2.05) is 23.9 Å². The highest BCUT2D eigenvalue weighted by Crippen LogP contribution is 2.24. The van der Waals surface area contributed by atoms with Crippen molar-refractivity contribution in [3.8, 4) is 11.3 Å². The van der Waals surface area contributed by atoms with Crippen LogP contribution in [0.5, 0.6) is 0 Å². The molecule has 0 radical (unpaired) electrons. The Kier molecular flexibility index (Phi) is 2.78. The van der Waals surface area contributed by atoms with E-state index in [4.69, 9.17) is 0 Å².